The molecule has 0 radical (unpaired) electrons. The molecule has 0 fully saturated rings. The monoisotopic (exact) mass is 496 g/mol. The molecule has 154 valence electrons. The van der Waals surface area contributed by atoms with Gasteiger partial charge in [0.15, 0.2) is 5.96 Å². The lowest BCUT2D eigenvalue weighted by Gasteiger charge is -2.15. The molecular formula is C22H33IN4O. The maximum absolute atomic E-state index is 5.81. The molecular weight excluding hydrogens is 463 g/mol. The number of rotatable bonds is 9. The molecule has 0 aliphatic carbocycles. The summed E-state index contributed by atoms with van der Waals surface area (Å²) in [6.07, 6.45) is 1.03. The zero-order chi connectivity index (χ0) is 19.5. The molecule has 2 N–H and O–H groups in total. The van der Waals surface area contributed by atoms with Gasteiger partial charge in [0.1, 0.15) is 12.4 Å². The molecule has 6 heteroatoms. The molecule has 0 unspecified atom stereocenters. The van der Waals surface area contributed by atoms with E-state index in [1.807, 2.05) is 26.2 Å². The number of aliphatic imine (C=N–C) groups is 1. The van der Waals surface area contributed by atoms with Gasteiger partial charge in [-0.05, 0) is 49.3 Å². The van der Waals surface area contributed by atoms with Crippen molar-refractivity contribution >= 4 is 29.9 Å². The number of hydrogen-bond donors (Lipinski definition) is 2. The second kappa shape index (κ2) is 13.4. The van der Waals surface area contributed by atoms with Crippen LogP contribution in [0.3, 0.4) is 0 Å². The Morgan fingerprint density at radius 3 is 2.39 bits per heavy atom. The first-order valence-corrected chi connectivity index (χ1v) is 9.50. The molecule has 0 amide bonds. The number of ether oxygens (including phenoxy) is 1. The van der Waals surface area contributed by atoms with Crippen LogP contribution in [0.5, 0.6) is 5.75 Å². The Hall–Kier alpha value is -1.80. The van der Waals surface area contributed by atoms with Crippen LogP contribution in [0.2, 0.25) is 0 Å². The number of halogens is 1. The van der Waals surface area contributed by atoms with Gasteiger partial charge < -0.3 is 20.3 Å². The maximum Gasteiger partial charge on any atom is 0.191 e. The molecule has 0 bridgehead atoms. The van der Waals surface area contributed by atoms with Gasteiger partial charge in [0, 0.05) is 26.7 Å². The Morgan fingerprint density at radius 1 is 1.00 bits per heavy atom. The van der Waals surface area contributed by atoms with E-state index in [2.05, 4.69) is 63.8 Å². The summed E-state index contributed by atoms with van der Waals surface area (Å²) in [7, 11) is 5.88. The molecule has 0 saturated carbocycles. The van der Waals surface area contributed by atoms with Crippen molar-refractivity contribution in [3.63, 3.8) is 0 Å². The van der Waals surface area contributed by atoms with Crippen LogP contribution in [0.1, 0.15) is 23.6 Å². The topological polar surface area (TPSA) is 48.9 Å². The second-order valence-corrected chi connectivity index (χ2v) is 6.70. The van der Waals surface area contributed by atoms with Crippen LogP contribution in [-0.2, 0) is 19.5 Å². The van der Waals surface area contributed by atoms with Crippen LogP contribution < -0.4 is 15.4 Å². The molecule has 0 aliphatic heterocycles. The van der Waals surface area contributed by atoms with Crippen LogP contribution in [0.15, 0.2) is 53.5 Å². The molecule has 0 saturated heterocycles. The number of aryl methyl sites for hydroxylation is 1. The minimum atomic E-state index is 0. The third kappa shape index (κ3) is 8.48. The van der Waals surface area contributed by atoms with Gasteiger partial charge in [-0.25, -0.2) is 0 Å². The van der Waals surface area contributed by atoms with E-state index >= 15 is 0 Å². The molecule has 28 heavy (non-hydrogen) atoms. The quantitative estimate of drug-likeness (QED) is 0.316. The normalized spacial score (nSPS) is 11.1. The minimum Gasteiger partial charge on any atom is -0.492 e. The number of likely N-dealkylation sites (N-methyl/N-ethyl adjacent to an activating group) is 1. The Labute approximate surface area is 186 Å². The minimum absolute atomic E-state index is 0. The van der Waals surface area contributed by atoms with Crippen LogP contribution in [0.25, 0.3) is 0 Å². The van der Waals surface area contributed by atoms with E-state index in [-0.39, 0.29) is 24.0 Å². The third-order valence-electron chi connectivity index (χ3n) is 4.33. The zero-order valence-corrected chi connectivity index (χ0v) is 19.7. The van der Waals surface area contributed by atoms with Crippen molar-refractivity contribution < 1.29 is 4.74 Å². The SMILES string of the molecule is CCc1ccccc1CNC(=NC)NCc1cccc(OCCN(C)C)c1.I. The largest absolute Gasteiger partial charge is 0.492 e. The Bertz CT molecular complexity index is 734. The fourth-order valence-corrected chi connectivity index (χ4v) is 2.75. The van der Waals surface area contributed by atoms with E-state index in [0.29, 0.717) is 13.2 Å². The summed E-state index contributed by atoms with van der Waals surface area (Å²) in [5.41, 5.74) is 3.83. The van der Waals surface area contributed by atoms with E-state index in [9.17, 15) is 0 Å². The van der Waals surface area contributed by atoms with Crippen molar-refractivity contribution in [1.82, 2.24) is 15.5 Å². The summed E-state index contributed by atoms with van der Waals surface area (Å²) in [6.45, 7) is 5.22. The highest BCUT2D eigenvalue weighted by Crippen LogP contribution is 2.13. The van der Waals surface area contributed by atoms with Crippen molar-refractivity contribution in [3.8, 4) is 5.75 Å². The summed E-state index contributed by atoms with van der Waals surface area (Å²) < 4.78 is 5.81. The predicted molar refractivity (Wildman–Crippen MR) is 129 cm³/mol. The molecule has 2 aromatic rings. The summed E-state index contributed by atoms with van der Waals surface area (Å²) in [6, 6.07) is 16.7. The highest BCUT2D eigenvalue weighted by atomic mass is 127. The first-order chi connectivity index (χ1) is 13.1. The van der Waals surface area contributed by atoms with Crippen molar-refractivity contribution in [1.29, 1.82) is 0 Å². The van der Waals surface area contributed by atoms with Crippen molar-refractivity contribution in [3.05, 3.63) is 65.2 Å². The molecule has 0 aliphatic rings. The molecule has 2 rings (SSSR count). The summed E-state index contributed by atoms with van der Waals surface area (Å²) in [4.78, 5) is 6.43. The van der Waals surface area contributed by atoms with Gasteiger partial charge in [0.05, 0.1) is 0 Å². The third-order valence-corrected chi connectivity index (χ3v) is 4.33. The second-order valence-electron chi connectivity index (χ2n) is 6.70. The van der Waals surface area contributed by atoms with Gasteiger partial charge in [-0.3, -0.25) is 4.99 Å². The first-order valence-electron chi connectivity index (χ1n) is 9.50. The number of guanidine groups is 1. The fraction of sp³-hybridized carbons (Fsp3) is 0.409. The predicted octanol–water partition coefficient (Wildman–Crippen LogP) is 3.67. The van der Waals surface area contributed by atoms with Crippen molar-refractivity contribution in [2.24, 2.45) is 4.99 Å². The van der Waals surface area contributed by atoms with Gasteiger partial charge in [-0.2, -0.15) is 0 Å². The van der Waals surface area contributed by atoms with Crippen LogP contribution in [0, 0.1) is 0 Å². The van der Waals surface area contributed by atoms with E-state index in [1.54, 1.807) is 7.05 Å². The van der Waals surface area contributed by atoms with Crippen molar-refractivity contribution in [2.45, 2.75) is 26.4 Å². The first kappa shape index (κ1) is 24.2. The number of nitrogens with zero attached hydrogens (tertiary/aromatic N) is 2. The Balaban J connectivity index is 0.00000392. The summed E-state index contributed by atoms with van der Waals surface area (Å²) >= 11 is 0. The average Bonchev–Trinajstić information content (AvgIpc) is 2.68. The van der Waals surface area contributed by atoms with Crippen LogP contribution in [0.4, 0.5) is 0 Å². The van der Waals surface area contributed by atoms with E-state index < -0.39 is 0 Å². The molecule has 0 heterocycles. The molecule has 0 atom stereocenters. The number of nitrogens with one attached hydrogen (secondary N) is 2. The number of benzene rings is 2. The van der Waals surface area contributed by atoms with Crippen LogP contribution >= 0.6 is 24.0 Å². The molecule has 0 spiro atoms. The van der Waals surface area contributed by atoms with E-state index in [0.717, 1.165) is 36.8 Å². The summed E-state index contributed by atoms with van der Waals surface area (Å²) in [5.74, 6) is 1.69. The lowest BCUT2D eigenvalue weighted by atomic mass is 10.1. The summed E-state index contributed by atoms with van der Waals surface area (Å²) in [5, 5.41) is 6.76. The molecule has 2 aromatic carbocycles. The maximum atomic E-state index is 5.81. The zero-order valence-electron chi connectivity index (χ0n) is 17.4. The van der Waals surface area contributed by atoms with E-state index in [4.69, 9.17) is 4.74 Å². The average molecular weight is 496 g/mol. The fourth-order valence-electron chi connectivity index (χ4n) is 2.75. The van der Waals surface area contributed by atoms with Crippen LogP contribution in [-0.4, -0.2) is 45.2 Å². The van der Waals surface area contributed by atoms with Gasteiger partial charge in [0.2, 0.25) is 0 Å². The highest BCUT2D eigenvalue weighted by Gasteiger charge is 2.03. The highest BCUT2D eigenvalue weighted by molar-refractivity contribution is 14.0. The standard InChI is InChI=1S/C22H32N4O.HI/c1-5-19-10-6-7-11-20(19)17-25-22(23-2)24-16-18-9-8-12-21(15-18)27-14-13-26(3)4;/h6-12,15H,5,13-14,16-17H2,1-4H3,(H2,23,24,25);1H. The van der Waals surface area contributed by atoms with Crippen molar-refractivity contribution in [2.75, 3.05) is 34.3 Å². The lowest BCUT2D eigenvalue weighted by molar-refractivity contribution is 0.261. The molecule has 0 aromatic heterocycles. The van der Waals surface area contributed by atoms with Gasteiger partial charge in [-0.15, -0.1) is 24.0 Å². The Morgan fingerprint density at radius 2 is 1.71 bits per heavy atom. The lowest BCUT2D eigenvalue weighted by Crippen LogP contribution is -2.36. The number of hydrogen-bond acceptors (Lipinski definition) is 3. The van der Waals surface area contributed by atoms with Gasteiger partial charge in [-0.1, -0.05) is 43.3 Å². The van der Waals surface area contributed by atoms with Gasteiger partial charge in [0.25, 0.3) is 0 Å². The smallest absolute Gasteiger partial charge is 0.191 e. The Kier molecular flexibility index (Phi) is 11.6. The molecule has 5 nitrogen and oxygen atoms in total. The van der Waals surface area contributed by atoms with E-state index in [1.165, 1.54) is 11.1 Å². The van der Waals surface area contributed by atoms with Gasteiger partial charge >= 0.3 is 0 Å².